The minimum absolute atomic E-state index is 0.457. The van der Waals surface area contributed by atoms with Crippen molar-refractivity contribution in [3.8, 4) is 0 Å². The van der Waals surface area contributed by atoms with Crippen molar-refractivity contribution in [2.24, 2.45) is 7.05 Å². The third kappa shape index (κ3) is 2.07. The summed E-state index contributed by atoms with van der Waals surface area (Å²) in [7, 11) is 1.76. The van der Waals surface area contributed by atoms with Gasteiger partial charge >= 0.3 is 0 Å². The normalized spacial score (nSPS) is 12.8. The van der Waals surface area contributed by atoms with E-state index in [0.717, 1.165) is 22.2 Å². The SMILES string of the molecule is Cc1cc(C(O)c2c(Cl)cnn2C)c2ccccc2n1. The number of aliphatic hydroxyl groups excluding tert-OH is 1. The molecule has 0 aliphatic rings. The Labute approximate surface area is 121 Å². The number of benzene rings is 1. The van der Waals surface area contributed by atoms with Gasteiger partial charge in [-0.05, 0) is 24.6 Å². The molecule has 3 rings (SSSR count). The van der Waals surface area contributed by atoms with E-state index in [-0.39, 0.29) is 0 Å². The molecular formula is C15H14ClN3O. The summed E-state index contributed by atoms with van der Waals surface area (Å²) in [6.07, 6.45) is 0.706. The predicted octanol–water partition coefficient (Wildman–Crippen LogP) is 3.01. The summed E-state index contributed by atoms with van der Waals surface area (Å²) in [5.74, 6) is 0. The fourth-order valence-electron chi connectivity index (χ4n) is 2.44. The number of para-hydroxylation sites is 1. The first-order valence-corrected chi connectivity index (χ1v) is 6.67. The number of aryl methyl sites for hydroxylation is 2. The van der Waals surface area contributed by atoms with Crippen molar-refractivity contribution < 1.29 is 5.11 Å². The van der Waals surface area contributed by atoms with Gasteiger partial charge in [0.05, 0.1) is 22.4 Å². The number of rotatable bonds is 2. The van der Waals surface area contributed by atoms with Gasteiger partial charge in [-0.25, -0.2) is 0 Å². The Kier molecular flexibility index (Phi) is 3.20. The molecule has 0 saturated heterocycles. The third-order valence-corrected chi connectivity index (χ3v) is 3.66. The molecule has 0 aliphatic heterocycles. The van der Waals surface area contributed by atoms with E-state index >= 15 is 0 Å². The number of hydrogen-bond acceptors (Lipinski definition) is 3. The topological polar surface area (TPSA) is 50.9 Å². The van der Waals surface area contributed by atoms with Crippen molar-refractivity contribution in [3.63, 3.8) is 0 Å². The second kappa shape index (κ2) is 4.89. The number of fused-ring (bicyclic) bond motifs is 1. The highest BCUT2D eigenvalue weighted by atomic mass is 35.5. The van der Waals surface area contributed by atoms with Crippen LogP contribution in [0.15, 0.2) is 36.5 Å². The smallest absolute Gasteiger partial charge is 0.123 e. The largest absolute Gasteiger partial charge is 0.382 e. The zero-order valence-corrected chi connectivity index (χ0v) is 12.0. The van der Waals surface area contributed by atoms with E-state index in [4.69, 9.17) is 11.6 Å². The first-order valence-electron chi connectivity index (χ1n) is 6.29. The molecule has 1 N–H and O–H groups in total. The predicted molar refractivity (Wildman–Crippen MR) is 78.8 cm³/mol. The van der Waals surface area contributed by atoms with Crippen LogP contribution in [-0.4, -0.2) is 19.9 Å². The first-order chi connectivity index (χ1) is 9.58. The minimum atomic E-state index is -0.832. The van der Waals surface area contributed by atoms with Gasteiger partial charge in [0, 0.05) is 18.1 Å². The van der Waals surface area contributed by atoms with E-state index in [2.05, 4.69) is 10.1 Å². The molecule has 0 bridgehead atoms. The lowest BCUT2D eigenvalue weighted by atomic mass is 10.0. The van der Waals surface area contributed by atoms with Gasteiger partial charge in [0.1, 0.15) is 6.10 Å². The lowest BCUT2D eigenvalue weighted by molar-refractivity contribution is 0.211. The first kappa shape index (κ1) is 13.1. The highest BCUT2D eigenvalue weighted by Crippen LogP contribution is 2.32. The summed E-state index contributed by atoms with van der Waals surface area (Å²) in [5, 5.41) is 16.1. The second-order valence-electron chi connectivity index (χ2n) is 4.77. The summed E-state index contributed by atoms with van der Waals surface area (Å²) in [5.41, 5.74) is 3.09. The van der Waals surface area contributed by atoms with Crippen LogP contribution in [0.25, 0.3) is 10.9 Å². The second-order valence-corrected chi connectivity index (χ2v) is 5.18. The average Bonchev–Trinajstić information content (AvgIpc) is 2.76. The zero-order valence-electron chi connectivity index (χ0n) is 11.2. The van der Waals surface area contributed by atoms with Crippen molar-refractivity contribution >= 4 is 22.5 Å². The van der Waals surface area contributed by atoms with Gasteiger partial charge < -0.3 is 5.11 Å². The van der Waals surface area contributed by atoms with Crippen molar-refractivity contribution in [1.29, 1.82) is 0 Å². The number of hydrogen-bond donors (Lipinski definition) is 1. The molecule has 5 heteroatoms. The average molecular weight is 288 g/mol. The number of aliphatic hydroxyl groups is 1. The molecule has 3 aromatic rings. The molecule has 1 atom stereocenters. The van der Waals surface area contributed by atoms with Crippen LogP contribution in [0.4, 0.5) is 0 Å². The van der Waals surface area contributed by atoms with E-state index in [0.29, 0.717) is 10.7 Å². The van der Waals surface area contributed by atoms with Crippen molar-refractivity contribution in [3.05, 3.63) is 58.5 Å². The summed E-state index contributed by atoms with van der Waals surface area (Å²) in [6.45, 7) is 1.91. The van der Waals surface area contributed by atoms with Crippen LogP contribution in [-0.2, 0) is 7.05 Å². The lowest BCUT2D eigenvalue weighted by Gasteiger charge is -2.15. The molecule has 4 nitrogen and oxygen atoms in total. The molecule has 0 spiro atoms. The van der Waals surface area contributed by atoms with Crippen molar-refractivity contribution in [1.82, 2.24) is 14.8 Å². The number of pyridine rings is 1. The van der Waals surface area contributed by atoms with Gasteiger partial charge in [-0.3, -0.25) is 9.67 Å². The van der Waals surface area contributed by atoms with Crippen LogP contribution in [0.2, 0.25) is 5.02 Å². The molecule has 0 aliphatic carbocycles. The monoisotopic (exact) mass is 287 g/mol. The summed E-state index contributed by atoms with van der Waals surface area (Å²) >= 11 is 6.12. The molecule has 0 fully saturated rings. The molecule has 102 valence electrons. The molecule has 1 aromatic carbocycles. The fourth-order valence-corrected chi connectivity index (χ4v) is 2.71. The highest BCUT2D eigenvalue weighted by molar-refractivity contribution is 6.31. The zero-order chi connectivity index (χ0) is 14.3. The Morgan fingerprint density at radius 1 is 1.30 bits per heavy atom. The Hall–Kier alpha value is -1.91. The standard InChI is InChI=1S/C15H14ClN3O/c1-9-7-11(10-5-3-4-6-13(10)18-9)15(20)14-12(16)8-17-19(14)2/h3-8,15,20H,1-2H3. The number of halogens is 1. The van der Waals surface area contributed by atoms with Crippen molar-refractivity contribution in [2.45, 2.75) is 13.0 Å². The van der Waals surface area contributed by atoms with Crippen LogP contribution in [0, 0.1) is 6.92 Å². The molecular weight excluding hydrogens is 274 g/mol. The Balaban J connectivity index is 2.24. The fraction of sp³-hybridized carbons (Fsp3) is 0.200. The van der Waals surface area contributed by atoms with Gasteiger partial charge in [0.25, 0.3) is 0 Å². The van der Waals surface area contributed by atoms with Gasteiger partial charge in [0.15, 0.2) is 0 Å². The minimum Gasteiger partial charge on any atom is -0.382 e. The highest BCUT2D eigenvalue weighted by Gasteiger charge is 2.21. The molecule has 0 radical (unpaired) electrons. The van der Waals surface area contributed by atoms with Crippen LogP contribution in [0.1, 0.15) is 23.1 Å². The van der Waals surface area contributed by atoms with E-state index in [1.807, 2.05) is 37.3 Å². The van der Waals surface area contributed by atoms with E-state index in [9.17, 15) is 5.11 Å². The van der Waals surface area contributed by atoms with Crippen LogP contribution in [0.3, 0.4) is 0 Å². The molecule has 2 aromatic heterocycles. The molecule has 20 heavy (non-hydrogen) atoms. The quantitative estimate of drug-likeness (QED) is 0.788. The molecule has 1 unspecified atom stereocenters. The Morgan fingerprint density at radius 3 is 2.75 bits per heavy atom. The third-order valence-electron chi connectivity index (χ3n) is 3.37. The molecule has 0 amide bonds. The Morgan fingerprint density at radius 2 is 2.05 bits per heavy atom. The summed E-state index contributed by atoms with van der Waals surface area (Å²) in [6, 6.07) is 9.63. The van der Waals surface area contributed by atoms with E-state index in [1.54, 1.807) is 11.7 Å². The van der Waals surface area contributed by atoms with Gasteiger partial charge in [-0.15, -0.1) is 0 Å². The lowest BCUT2D eigenvalue weighted by Crippen LogP contribution is -2.08. The van der Waals surface area contributed by atoms with E-state index in [1.165, 1.54) is 6.20 Å². The van der Waals surface area contributed by atoms with Gasteiger partial charge in [-0.1, -0.05) is 29.8 Å². The van der Waals surface area contributed by atoms with Crippen LogP contribution >= 0.6 is 11.6 Å². The maximum atomic E-state index is 10.7. The summed E-state index contributed by atoms with van der Waals surface area (Å²) in [4.78, 5) is 4.48. The van der Waals surface area contributed by atoms with Crippen LogP contribution in [0.5, 0.6) is 0 Å². The maximum Gasteiger partial charge on any atom is 0.123 e. The number of nitrogens with zero attached hydrogens (tertiary/aromatic N) is 3. The van der Waals surface area contributed by atoms with Gasteiger partial charge in [0.2, 0.25) is 0 Å². The Bertz CT molecular complexity index is 762. The van der Waals surface area contributed by atoms with E-state index < -0.39 is 6.10 Å². The van der Waals surface area contributed by atoms with Crippen molar-refractivity contribution in [2.75, 3.05) is 0 Å². The molecule has 0 saturated carbocycles. The molecule has 2 heterocycles. The van der Waals surface area contributed by atoms with Crippen LogP contribution < -0.4 is 0 Å². The summed E-state index contributed by atoms with van der Waals surface area (Å²) < 4.78 is 1.59. The van der Waals surface area contributed by atoms with Gasteiger partial charge in [-0.2, -0.15) is 5.10 Å². The maximum absolute atomic E-state index is 10.7. The number of aromatic nitrogens is 3.